The fourth-order valence-corrected chi connectivity index (χ4v) is 2.69. The molecule has 2 aromatic carbocycles. The molecular formula is C22H23N3O3. The molecular weight excluding hydrogens is 354 g/mol. The lowest BCUT2D eigenvalue weighted by Crippen LogP contribution is -2.29. The Morgan fingerprint density at radius 3 is 2.50 bits per heavy atom. The van der Waals surface area contributed by atoms with Gasteiger partial charge < -0.3 is 19.9 Å². The van der Waals surface area contributed by atoms with E-state index < -0.39 is 0 Å². The number of anilines is 1. The van der Waals surface area contributed by atoms with E-state index in [-0.39, 0.29) is 11.6 Å². The van der Waals surface area contributed by atoms with Crippen LogP contribution >= 0.6 is 0 Å². The number of benzene rings is 2. The summed E-state index contributed by atoms with van der Waals surface area (Å²) in [5.41, 5.74) is 0.646. The standard InChI is InChI=1S/C22H23N3O3/c26-21-13-4-6-15-25(21)16-7-5-14-23-22(27)24-18-9-8-12-20(17-18)28-19-10-2-1-3-11-19/h1-4,6,8-13,15,17H,5,7,14,16H2,(H2,23,24,27). The highest BCUT2D eigenvalue weighted by Gasteiger charge is 2.03. The van der Waals surface area contributed by atoms with Crippen LogP contribution in [0, 0.1) is 0 Å². The molecule has 0 aliphatic heterocycles. The summed E-state index contributed by atoms with van der Waals surface area (Å²) in [7, 11) is 0. The third-order valence-electron chi connectivity index (χ3n) is 4.08. The molecule has 144 valence electrons. The van der Waals surface area contributed by atoms with E-state index in [2.05, 4.69) is 10.6 Å². The van der Waals surface area contributed by atoms with E-state index in [1.807, 2.05) is 48.5 Å². The third kappa shape index (κ3) is 6.02. The predicted molar refractivity (Wildman–Crippen MR) is 110 cm³/mol. The van der Waals surface area contributed by atoms with Gasteiger partial charge in [0.25, 0.3) is 0 Å². The third-order valence-corrected chi connectivity index (χ3v) is 4.08. The van der Waals surface area contributed by atoms with Crippen LogP contribution in [0.2, 0.25) is 0 Å². The van der Waals surface area contributed by atoms with E-state index in [1.165, 1.54) is 0 Å². The van der Waals surface area contributed by atoms with Gasteiger partial charge in [-0.1, -0.05) is 30.3 Å². The number of nitrogens with one attached hydrogen (secondary N) is 2. The molecule has 28 heavy (non-hydrogen) atoms. The highest BCUT2D eigenvalue weighted by molar-refractivity contribution is 5.89. The zero-order chi connectivity index (χ0) is 19.6. The number of pyridine rings is 1. The smallest absolute Gasteiger partial charge is 0.319 e. The van der Waals surface area contributed by atoms with Gasteiger partial charge >= 0.3 is 6.03 Å². The van der Waals surface area contributed by atoms with Crippen LogP contribution in [0.5, 0.6) is 11.5 Å². The van der Waals surface area contributed by atoms with Crippen LogP contribution in [-0.4, -0.2) is 17.1 Å². The van der Waals surface area contributed by atoms with Crippen molar-refractivity contribution in [1.29, 1.82) is 0 Å². The number of aromatic nitrogens is 1. The summed E-state index contributed by atoms with van der Waals surface area (Å²) in [6.07, 6.45) is 3.36. The maximum absolute atomic E-state index is 12.1. The number of carbonyl (C=O) groups excluding carboxylic acids is 1. The van der Waals surface area contributed by atoms with Gasteiger partial charge in [-0.25, -0.2) is 4.79 Å². The van der Waals surface area contributed by atoms with Gasteiger partial charge in [-0.3, -0.25) is 4.79 Å². The van der Waals surface area contributed by atoms with Crippen molar-refractivity contribution in [2.24, 2.45) is 0 Å². The molecule has 0 bridgehead atoms. The fourth-order valence-electron chi connectivity index (χ4n) is 2.69. The van der Waals surface area contributed by atoms with E-state index in [9.17, 15) is 9.59 Å². The topological polar surface area (TPSA) is 72.4 Å². The molecule has 0 radical (unpaired) electrons. The Kier molecular flexibility index (Phi) is 6.84. The molecule has 3 aromatic rings. The van der Waals surface area contributed by atoms with E-state index >= 15 is 0 Å². The van der Waals surface area contributed by atoms with Crippen molar-refractivity contribution in [3.05, 3.63) is 89.3 Å². The number of aryl methyl sites for hydroxylation is 1. The average molecular weight is 377 g/mol. The molecule has 3 rings (SSSR count). The number of urea groups is 1. The summed E-state index contributed by atoms with van der Waals surface area (Å²) in [6.45, 7) is 1.18. The zero-order valence-corrected chi connectivity index (χ0v) is 15.5. The first kappa shape index (κ1) is 19.2. The zero-order valence-electron chi connectivity index (χ0n) is 15.5. The molecule has 2 amide bonds. The Hall–Kier alpha value is -3.54. The first-order valence-corrected chi connectivity index (χ1v) is 9.24. The Morgan fingerprint density at radius 2 is 1.68 bits per heavy atom. The Labute approximate surface area is 163 Å². The number of para-hydroxylation sites is 1. The van der Waals surface area contributed by atoms with Gasteiger partial charge in [-0.05, 0) is 43.2 Å². The molecule has 0 saturated carbocycles. The predicted octanol–water partition coefficient (Wildman–Crippen LogP) is 4.24. The summed E-state index contributed by atoms with van der Waals surface area (Å²) in [4.78, 5) is 23.7. The second-order valence-electron chi connectivity index (χ2n) is 6.26. The van der Waals surface area contributed by atoms with Crippen molar-refractivity contribution in [1.82, 2.24) is 9.88 Å². The van der Waals surface area contributed by atoms with E-state index in [4.69, 9.17) is 4.74 Å². The maximum atomic E-state index is 12.1. The number of amides is 2. The van der Waals surface area contributed by atoms with E-state index in [1.54, 1.807) is 35.0 Å². The molecule has 1 heterocycles. The number of nitrogens with zero attached hydrogens (tertiary/aromatic N) is 1. The van der Waals surface area contributed by atoms with E-state index in [0.717, 1.165) is 18.6 Å². The Balaban J connectivity index is 1.40. The van der Waals surface area contributed by atoms with E-state index in [0.29, 0.717) is 24.5 Å². The molecule has 0 spiro atoms. The van der Waals surface area contributed by atoms with Gasteiger partial charge in [0.05, 0.1) is 0 Å². The van der Waals surface area contributed by atoms with Crippen LogP contribution < -0.4 is 20.9 Å². The summed E-state index contributed by atoms with van der Waals surface area (Å²) >= 11 is 0. The highest BCUT2D eigenvalue weighted by atomic mass is 16.5. The molecule has 0 aliphatic rings. The average Bonchev–Trinajstić information content (AvgIpc) is 2.70. The molecule has 0 unspecified atom stereocenters. The quantitative estimate of drug-likeness (QED) is 0.577. The summed E-state index contributed by atoms with van der Waals surface area (Å²) in [6, 6.07) is 21.5. The molecule has 0 atom stereocenters. The van der Waals surface area contributed by atoms with Crippen LogP contribution in [0.25, 0.3) is 0 Å². The molecule has 6 nitrogen and oxygen atoms in total. The minimum absolute atomic E-state index is 0.00851. The number of ether oxygens (including phenoxy) is 1. The normalized spacial score (nSPS) is 10.3. The number of hydrogen-bond donors (Lipinski definition) is 2. The van der Waals surface area contributed by atoms with Crippen LogP contribution in [-0.2, 0) is 6.54 Å². The van der Waals surface area contributed by atoms with Gasteiger partial charge in [-0.2, -0.15) is 0 Å². The summed E-state index contributed by atoms with van der Waals surface area (Å²) in [5.74, 6) is 1.39. The lowest BCUT2D eigenvalue weighted by Gasteiger charge is -2.10. The number of carbonyl (C=O) groups is 1. The lowest BCUT2D eigenvalue weighted by atomic mass is 10.3. The Bertz CT molecular complexity index is 954. The minimum atomic E-state index is -0.270. The van der Waals surface area contributed by atoms with Crippen molar-refractivity contribution in [2.75, 3.05) is 11.9 Å². The first-order chi connectivity index (χ1) is 13.7. The largest absolute Gasteiger partial charge is 0.457 e. The number of rotatable bonds is 8. The van der Waals surface area contributed by atoms with Crippen molar-refractivity contribution in [3.8, 4) is 11.5 Å². The van der Waals surface area contributed by atoms with Crippen molar-refractivity contribution in [3.63, 3.8) is 0 Å². The molecule has 0 fully saturated rings. The second kappa shape index (κ2) is 9.97. The molecule has 1 aromatic heterocycles. The molecule has 0 saturated heterocycles. The van der Waals surface area contributed by atoms with Crippen molar-refractivity contribution in [2.45, 2.75) is 19.4 Å². The van der Waals surface area contributed by atoms with Gasteiger partial charge in [-0.15, -0.1) is 0 Å². The minimum Gasteiger partial charge on any atom is -0.457 e. The molecule has 6 heteroatoms. The van der Waals surface area contributed by atoms with Crippen LogP contribution in [0.3, 0.4) is 0 Å². The number of unbranched alkanes of at least 4 members (excludes halogenated alkanes) is 1. The fraction of sp³-hybridized carbons (Fsp3) is 0.182. The summed E-state index contributed by atoms with van der Waals surface area (Å²) in [5, 5.41) is 5.62. The molecule has 0 aliphatic carbocycles. The summed E-state index contributed by atoms with van der Waals surface area (Å²) < 4.78 is 7.43. The van der Waals surface area contributed by atoms with Gasteiger partial charge in [0.1, 0.15) is 11.5 Å². The highest BCUT2D eigenvalue weighted by Crippen LogP contribution is 2.23. The Morgan fingerprint density at radius 1 is 0.893 bits per heavy atom. The van der Waals surface area contributed by atoms with Crippen molar-refractivity contribution >= 4 is 11.7 Å². The molecule has 2 N–H and O–H groups in total. The lowest BCUT2D eigenvalue weighted by molar-refractivity contribution is 0.252. The van der Waals surface area contributed by atoms with Crippen LogP contribution in [0.1, 0.15) is 12.8 Å². The monoisotopic (exact) mass is 377 g/mol. The van der Waals surface area contributed by atoms with Gasteiger partial charge in [0.15, 0.2) is 0 Å². The van der Waals surface area contributed by atoms with Gasteiger partial charge in [0.2, 0.25) is 5.56 Å². The van der Waals surface area contributed by atoms with Crippen LogP contribution in [0.15, 0.2) is 83.8 Å². The van der Waals surface area contributed by atoms with Crippen molar-refractivity contribution < 1.29 is 9.53 Å². The first-order valence-electron chi connectivity index (χ1n) is 9.24. The number of hydrogen-bond acceptors (Lipinski definition) is 3. The SMILES string of the molecule is O=C(NCCCCn1ccccc1=O)Nc1cccc(Oc2ccccc2)c1. The van der Waals surface area contributed by atoms with Gasteiger partial charge in [0, 0.05) is 37.1 Å². The second-order valence-corrected chi connectivity index (χ2v) is 6.26. The maximum Gasteiger partial charge on any atom is 0.319 e. The van der Waals surface area contributed by atoms with Crippen LogP contribution in [0.4, 0.5) is 10.5 Å².